The van der Waals surface area contributed by atoms with Crippen molar-refractivity contribution in [1.82, 2.24) is 25.0 Å². The van der Waals surface area contributed by atoms with Crippen molar-refractivity contribution in [1.29, 1.82) is 0 Å². The van der Waals surface area contributed by atoms with E-state index < -0.39 is 0 Å². The Morgan fingerprint density at radius 1 is 1.30 bits per heavy atom. The molecule has 0 radical (unpaired) electrons. The lowest BCUT2D eigenvalue weighted by Gasteiger charge is -2.21. The van der Waals surface area contributed by atoms with Gasteiger partial charge in [0.15, 0.2) is 0 Å². The van der Waals surface area contributed by atoms with E-state index in [2.05, 4.69) is 15.5 Å². The van der Waals surface area contributed by atoms with Gasteiger partial charge in [-0.25, -0.2) is 0 Å². The first kappa shape index (κ1) is 18.9. The molecule has 1 aromatic carbocycles. The standard InChI is InChI=1S/C19H25N5O3/c1-27-17-4-2-3-15(11-17)12-24-10-7-16(5-6-19(24)26)22-18(25)8-9-23-13-20-21-14-23/h2-4,11,13-14,16H,5-10,12H2,1H3,(H,22,25). The summed E-state index contributed by atoms with van der Waals surface area (Å²) in [6.45, 7) is 1.74. The Balaban J connectivity index is 1.49. The molecule has 1 aromatic heterocycles. The van der Waals surface area contributed by atoms with Crippen molar-refractivity contribution in [3.05, 3.63) is 42.5 Å². The number of hydrogen-bond donors (Lipinski definition) is 1. The van der Waals surface area contributed by atoms with Crippen LogP contribution < -0.4 is 10.1 Å². The summed E-state index contributed by atoms with van der Waals surface area (Å²) in [4.78, 5) is 26.5. The molecular formula is C19H25N5O3. The molecule has 8 nitrogen and oxygen atoms in total. The maximum atomic E-state index is 12.5. The lowest BCUT2D eigenvalue weighted by molar-refractivity contribution is -0.131. The highest BCUT2D eigenvalue weighted by atomic mass is 16.5. The second kappa shape index (κ2) is 9.16. The number of rotatable bonds is 7. The molecule has 0 saturated carbocycles. The van der Waals surface area contributed by atoms with Crippen LogP contribution in [-0.4, -0.2) is 51.2 Å². The highest BCUT2D eigenvalue weighted by molar-refractivity contribution is 5.78. The Morgan fingerprint density at radius 3 is 2.89 bits per heavy atom. The summed E-state index contributed by atoms with van der Waals surface area (Å²) in [7, 11) is 1.63. The number of nitrogens with zero attached hydrogens (tertiary/aromatic N) is 4. The fourth-order valence-corrected chi connectivity index (χ4v) is 3.21. The normalized spacial score (nSPS) is 17.4. The first-order chi connectivity index (χ1) is 13.1. The lowest BCUT2D eigenvalue weighted by Crippen LogP contribution is -2.36. The zero-order chi connectivity index (χ0) is 19.1. The van der Waals surface area contributed by atoms with Crippen LogP contribution in [0.4, 0.5) is 0 Å². The van der Waals surface area contributed by atoms with Crippen LogP contribution >= 0.6 is 0 Å². The number of amides is 2. The van der Waals surface area contributed by atoms with Crippen molar-refractivity contribution in [2.75, 3.05) is 13.7 Å². The molecule has 1 aliphatic heterocycles. The highest BCUT2D eigenvalue weighted by Gasteiger charge is 2.23. The average molecular weight is 371 g/mol. The highest BCUT2D eigenvalue weighted by Crippen LogP contribution is 2.18. The number of aryl methyl sites for hydroxylation is 1. The van der Waals surface area contributed by atoms with E-state index in [1.807, 2.05) is 29.2 Å². The third-order valence-corrected chi connectivity index (χ3v) is 4.74. The van der Waals surface area contributed by atoms with Crippen LogP contribution in [0, 0.1) is 0 Å². The Hall–Kier alpha value is -2.90. The smallest absolute Gasteiger partial charge is 0.222 e. The number of methoxy groups -OCH3 is 1. The summed E-state index contributed by atoms with van der Waals surface area (Å²) in [5.41, 5.74) is 1.04. The van der Waals surface area contributed by atoms with Crippen molar-refractivity contribution >= 4 is 11.8 Å². The minimum absolute atomic E-state index is 0.0117. The predicted molar refractivity (Wildman–Crippen MR) is 98.8 cm³/mol. The van der Waals surface area contributed by atoms with E-state index in [0.717, 1.165) is 17.7 Å². The summed E-state index contributed by atoms with van der Waals surface area (Å²) >= 11 is 0. The molecule has 2 amide bonds. The molecule has 0 spiro atoms. The average Bonchev–Trinajstić information content (AvgIpc) is 3.15. The van der Waals surface area contributed by atoms with Crippen LogP contribution in [0.1, 0.15) is 31.2 Å². The summed E-state index contributed by atoms with van der Waals surface area (Å²) in [5.74, 6) is 0.898. The molecule has 0 aliphatic carbocycles. The number of carbonyl (C=O) groups is 2. The Morgan fingerprint density at radius 2 is 2.11 bits per heavy atom. The molecule has 1 N–H and O–H groups in total. The van der Waals surface area contributed by atoms with Gasteiger partial charge in [-0.2, -0.15) is 0 Å². The molecule has 1 atom stereocenters. The predicted octanol–water partition coefficient (Wildman–Crippen LogP) is 1.37. The van der Waals surface area contributed by atoms with Crippen LogP contribution in [0.15, 0.2) is 36.9 Å². The van der Waals surface area contributed by atoms with Gasteiger partial charge < -0.3 is 19.5 Å². The molecule has 1 aliphatic rings. The second-order valence-corrected chi connectivity index (χ2v) is 6.71. The number of hydrogen-bond acceptors (Lipinski definition) is 5. The second-order valence-electron chi connectivity index (χ2n) is 6.71. The van der Waals surface area contributed by atoms with Crippen LogP contribution in [-0.2, 0) is 22.7 Å². The third kappa shape index (κ3) is 5.54. The topological polar surface area (TPSA) is 89.3 Å². The van der Waals surface area contributed by atoms with Crippen LogP contribution in [0.25, 0.3) is 0 Å². The van der Waals surface area contributed by atoms with Gasteiger partial charge in [-0.1, -0.05) is 12.1 Å². The maximum absolute atomic E-state index is 12.5. The van der Waals surface area contributed by atoms with Gasteiger partial charge in [0.1, 0.15) is 18.4 Å². The molecule has 27 heavy (non-hydrogen) atoms. The van der Waals surface area contributed by atoms with Gasteiger partial charge in [0.2, 0.25) is 11.8 Å². The molecular weight excluding hydrogens is 346 g/mol. The van der Waals surface area contributed by atoms with Crippen molar-refractivity contribution in [2.45, 2.75) is 44.8 Å². The third-order valence-electron chi connectivity index (χ3n) is 4.74. The van der Waals surface area contributed by atoms with E-state index in [9.17, 15) is 9.59 Å². The molecule has 8 heteroatoms. The first-order valence-electron chi connectivity index (χ1n) is 9.16. The molecule has 1 unspecified atom stereocenters. The molecule has 2 heterocycles. The van der Waals surface area contributed by atoms with Crippen LogP contribution in [0.2, 0.25) is 0 Å². The fraction of sp³-hybridized carbons (Fsp3) is 0.474. The minimum atomic E-state index is -0.0117. The molecule has 0 bridgehead atoms. The van der Waals surface area contributed by atoms with Crippen molar-refractivity contribution in [3.8, 4) is 5.75 Å². The maximum Gasteiger partial charge on any atom is 0.222 e. The van der Waals surface area contributed by atoms with Crippen molar-refractivity contribution in [3.63, 3.8) is 0 Å². The minimum Gasteiger partial charge on any atom is -0.497 e. The number of ether oxygens (including phenoxy) is 1. The van der Waals surface area contributed by atoms with Crippen molar-refractivity contribution in [2.24, 2.45) is 0 Å². The Bertz CT molecular complexity index is 762. The van der Waals surface area contributed by atoms with Gasteiger partial charge in [-0.05, 0) is 30.5 Å². The molecule has 3 rings (SSSR count). The molecule has 1 saturated heterocycles. The first-order valence-corrected chi connectivity index (χ1v) is 9.16. The number of carbonyl (C=O) groups excluding carboxylic acids is 2. The van der Waals surface area contributed by atoms with E-state index in [1.165, 1.54) is 0 Å². The van der Waals surface area contributed by atoms with E-state index in [-0.39, 0.29) is 17.9 Å². The summed E-state index contributed by atoms with van der Waals surface area (Å²) in [6, 6.07) is 7.78. The van der Waals surface area contributed by atoms with Gasteiger partial charge in [-0.15, -0.1) is 10.2 Å². The zero-order valence-corrected chi connectivity index (χ0v) is 15.5. The lowest BCUT2D eigenvalue weighted by atomic mass is 10.1. The van der Waals surface area contributed by atoms with E-state index >= 15 is 0 Å². The van der Waals surface area contributed by atoms with E-state index in [0.29, 0.717) is 38.9 Å². The fourth-order valence-electron chi connectivity index (χ4n) is 3.21. The number of nitrogens with one attached hydrogen (secondary N) is 1. The van der Waals surface area contributed by atoms with Crippen LogP contribution in [0.5, 0.6) is 5.75 Å². The van der Waals surface area contributed by atoms with E-state index in [4.69, 9.17) is 4.74 Å². The molecule has 1 fully saturated rings. The number of likely N-dealkylation sites (tertiary alicyclic amines) is 1. The van der Waals surface area contributed by atoms with Gasteiger partial charge in [0, 0.05) is 38.5 Å². The largest absolute Gasteiger partial charge is 0.497 e. The monoisotopic (exact) mass is 371 g/mol. The SMILES string of the molecule is COc1cccc(CN2CCC(NC(=O)CCn3cnnc3)CCC2=O)c1. The van der Waals surface area contributed by atoms with E-state index in [1.54, 1.807) is 24.3 Å². The summed E-state index contributed by atoms with van der Waals surface area (Å²) in [5, 5.41) is 10.5. The van der Waals surface area contributed by atoms with Gasteiger partial charge in [0.05, 0.1) is 7.11 Å². The number of benzene rings is 1. The molecule has 144 valence electrons. The zero-order valence-electron chi connectivity index (χ0n) is 15.5. The van der Waals surface area contributed by atoms with Gasteiger partial charge >= 0.3 is 0 Å². The van der Waals surface area contributed by atoms with Gasteiger partial charge in [-0.3, -0.25) is 9.59 Å². The van der Waals surface area contributed by atoms with Crippen LogP contribution in [0.3, 0.4) is 0 Å². The quantitative estimate of drug-likeness (QED) is 0.794. The Kier molecular flexibility index (Phi) is 6.40. The summed E-state index contributed by atoms with van der Waals surface area (Å²) < 4.78 is 7.02. The molecule has 2 aromatic rings. The van der Waals surface area contributed by atoms with Crippen molar-refractivity contribution < 1.29 is 14.3 Å². The summed E-state index contributed by atoms with van der Waals surface area (Å²) in [6.07, 6.45) is 5.43. The van der Waals surface area contributed by atoms with Gasteiger partial charge in [0.25, 0.3) is 0 Å². The number of aromatic nitrogens is 3. The Labute approximate surface area is 158 Å².